The molecule has 2 atom stereocenters. The van der Waals surface area contributed by atoms with Crippen LogP contribution in [0.1, 0.15) is 68.6 Å². The van der Waals surface area contributed by atoms with Crippen molar-refractivity contribution < 1.29 is 22.0 Å². The number of nitrogens with one attached hydrogen (secondary N) is 3. The lowest BCUT2D eigenvalue weighted by Crippen LogP contribution is -2.54. The molecule has 1 saturated heterocycles. The van der Waals surface area contributed by atoms with Crippen LogP contribution in [0.3, 0.4) is 0 Å². The Balaban J connectivity index is 1.79. The van der Waals surface area contributed by atoms with Crippen molar-refractivity contribution in [2.75, 3.05) is 25.4 Å². The van der Waals surface area contributed by atoms with Crippen molar-refractivity contribution in [3.05, 3.63) is 82.1 Å². The molecule has 0 aromatic heterocycles. The van der Waals surface area contributed by atoms with Crippen LogP contribution in [0, 0.1) is 24.0 Å². The van der Waals surface area contributed by atoms with Crippen LogP contribution in [0.4, 0.5) is 8.78 Å². The Labute approximate surface area is 236 Å². The molecule has 40 heavy (non-hydrogen) atoms. The maximum atomic E-state index is 14.3. The van der Waals surface area contributed by atoms with Gasteiger partial charge in [-0.15, -0.1) is 0 Å². The van der Waals surface area contributed by atoms with Gasteiger partial charge in [-0.3, -0.25) is 4.79 Å². The Morgan fingerprint density at radius 1 is 1.15 bits per heavy atom. The van der Waals surface area contributed by atoms with Gasteiger partial charge in [0.15, 0.2) is 0 Å². The summed E-state index contributed by atoms with van der Waals surface area (Å²) in [5, 5.41) is 14.1. The number of aryl methyl sites for hydroxylation is 1. The van der Waals surface area contributed by atoms with Crippen molar-refractivity contribution in [3.8, 4) is 0 Å². The van der Waals surface area contributed by atoms with Crippen LogP contribution in [-0.2, 0) is 14.8 Å². The van der Waals surface area contributed by atoms with E-state index in [1.165, 1.54) is 24.3 Å². The smallest absolute Gasteiger partial charge is 0.225 e. The molecule has 1 fully saturated rings. The highest BCUT2D eigenvalue weighted by atomic mass is 32.2. The van der Waals surface area contributed by atoms with Crippen molar-refractivity contribution in [3.63, 3.8) is 0 Å². The average molecular weight is 575 g/mol. The van der Waals surface area contributed by atoms with Gasteiger partial charge in [-0.2, -0.15) is 4.31 Å². The van der Waals surface area contributed by atoms with Gasteiger partial charge in [0.25, 0.3) is 0 Å². The summed E-state index contributed by atoms with van der Waals surface area (Å²) in [6, 6.07) is 10.2. The van der Waals surface area contributed by atoms with E-state index in [1.807, 2.05) is 19.9 Å². The molecule has 0 spiro atoms. The standard InChI is InChI=1S/C30H40F2N4O3S/c1-4-14-40(38,39)36-13-12-34-20-27(36)11-8-22(5-2)29(19-33)35-30(37)18-28(23-6-9-25(31)10-7-23)24-15-21(3)16-26(32)17-24/h6-7,9-10,15-17,19,27-28,33-34H,4-5,8,11-14,18,20H2,1-3H3,(H,35,37)/b29-22-,33-19?/t27-,28-/m0/s1. The fraction of sp³-hybridized carbons (Fsp3) is 0.467. The summed E-state index contributed by atoms with van der Waals surface area (Å²) in [6.45, 7) is 7.15. The minimum absolute atomic E-state index is 0.0293. The van der Waals surface area contributed by atoms with Gasteiger partial charge in [-0.05, 0) is 79.1 Å². The van der Waals surface area contributed by atoms with Crippen molar-refractivity contribution in [2.45, 2.75) is 64.8 Å². The molecule has 1 amide bonds. The molecule has 7 nitrogen and oxygen atoms in total. The van der Waals surface area contributed by atoms with Gasteiger partial charge < -0.3 is 16.0 Å². The lowest BCUT2D eigenvalue weighted by atomic mass is 9.87. The van der Waals surface area contributed by atoms with E-state index in [0.717, 1.165) is 11.8 Å². The summed E-state index contributed by atoms with van der Waals surface area (Å²) in [5.41, 5.74) is 3.22. The van der Waals surface area contributed by atoms with E-state index in [2.05, 4.69) is 10.6 Å². The first-order chi connectivity index (χ1) is 19.1. The maximum absolute atomic E-state index is 14.3. The SMILES string of the molecule is CCCS(=O)(=O)N1CCNC[C@@H]1CC/C(CC)=C(/C=N)NC(=O)C[C@@H](c1ccc(F)cc1)c1cc(C)cc(F)c1. The van der Waals surface area contributed by atoms with Crippen LogP contribution >= 0.6 is 0 Å². The molecule has 1 heterocycles. The van der Waals surface area contributed by atoms with Crippen molar-refractivity contribution >= 4 is 22.1 Å². The Kier molecular flexibility index (Phi) is 11.5. The molecule has 10 heteroatoms. The molecular weight excluding hydrogens is 534 g/mol. The number of rotatable bonds is 13. The fourth-order valence-electron chi connectivity index (χ4n) is 5.27. The number of nitrogens with zero attached hydrogens (tertiary/aromatic N) is 1. The van der Waals surface area contributed by atoms with Gasteiger partial charge in [0.05, 0.1) is 11.4 Å². The number of carbonyl (C=O) groups is 1. The summed E-state index contributed by atoms with van der Waals surface area (Å²) < 4.78 is 55.1. The molecule has 2 aromatic rings. The predicted octanol–water partition coefficient (Wildman–Crippen LogP) is 5.02. The Morgan fingerprint density at radius 3 is 2.50 bits per heavy atom. The topological polar surface area (TPSA) is 102 Å². The monoisotopic (exact) mass is 574 g/mol. The van der Waals surface area contributed by atoms with Gasteiger partial charge in [0.2, 0.25) is 15.9 Å². The molecule has 3 N–H and O–H groups in total. The Hall–Kier alpha value is -2.95. The van der Waals surface area contributed by atoms with Crippen LogP contribution < -0.4 is 10.6 Å². The number of piperazine rings is 1. The number of hydrogen-bond acceptors (Lipinski definition) is 5. The zero-order chi connectivity index (χ0) is 29.3. The first kappa shape index (κ1) is 31.6. The summed E-state index contributed by atoms with van der Waals surface area (Å²) in [5.74, 6) is -1.58. The Bertz CT molecular complexity index is 1290. The number of halogens is 2. The van der Waals surface area contributed by atoms with Crippen molar-refractivity contribution in [1.29, 1.82) is 5.41 Å². The molecule has 0 radical (unpaired) electrons. The van der Waals surface area contributed by atoms with Gasteiger partial charge in [0, 0.05) is 44.2 Å². The highest BCUT2D eigenvalue weighted by molar-refractivity contribution is 7.89. The fourth-order valence-corrected chi connectivity index (χ4v) is 7.03. The van der Waals surface area contributed by atoms with E-state index in [9.17, 15) is 22.0 Å². The van der Waals surface area contributed by atoms with Crippen LogP contribution in [0.5, 0.6) is 0 Å². The number of sulfonamides is 1. The summed E-state index contributed by atoms with van der Waals surface area (Å²) in [4.78, 5) is 13.3. The molecular formula is C30H40F2N4O3S. The normalized spacial score (nSPS) is 17.7. The number of hydrogen-bond donors (Lipinski definition) is 3. The molecule has 3 rings (SSSR count). The number of benzene rings is 2. The van der Waals surface area contributed by atoms with Crippen LogP contribution in [0.2, 0.25) is 0 Å². The second kappa shape index (κ2) is 14.6. The molecule has 218 valence electrons. The third-order valence-corrected chi connectivity index (χ3v) is 9.37. The molecule has 1 aliphatic rings. The van der Waals surface area contributed by atoms with Crippen LogP contribution in [0.25, 0.3) is 0 Å². The first-order valence-corrected chi connectivity index (χ1v) is 15.4. The van der Waals surface area contributed by atoms with Gasteiger partial charge in [0.1, 0.15) is 11.6 Å². The Morgan fingerprint density at radius 2 is 1.88 bits per heavy atom. The number of carbonyl (C=O) groups excluding carboxylic acids is 1. The molecule has 0 aliphatic carbocycles. The molecule has 0 unspecified atom stereocenters. The number of amides is 1. The van der Waals surface area contributed by atoms with E-state index >= 15 is 0 Å². The molecule has 2 aromatic carbocycles. The van der Waals surface area contributed by atoms with E-state index in [-0.39, 0.29) is 24.1 Å². The van der Waals surface area contributed by atoms with E-state index in [0.29, 0.717) is 67.7 Å². The van der Waals surface area contributed by atoms with Gasteiger partial charge in [-0.25, -0.2) is 17.2 Å². The third-order valence-electron chi connectivity index (χ3n) is 7.25. The van der Waals surface area contributed by atoms with Crippen LogP contribution in [0.15, 0.2) is 53.7 Å². The second-order valence-electron chi connectivity index (χ2n) is 10.3. The largest absolute Gasteiger partial charge is 0.325 e. The molecule has 0 bridgehead atoms. The van der Waals surface area contributed by atoms with E-state index in [1.54, 1.807) is 23.4 Å². The molecule has 1 aliphatic heterocycles. The first-order valence-electron chi connectivity index (χ1n) is 13.8. The summed E-state index contributed by atoms with van der Waals surface area (Å²) >= 11 is 0. The summed E-state index contributed by atoms with van der Waals surface area (Å²) in [6.07, 6.45) is 3.30. The van der Waals surface area contributed by atoms with Gasteiger partial charge in [-0.1, -0.05) is 32.0 Å². The maximum Gasteiger partial charge on any atom is 0.225 e. The van der Waals surface area contributed by atoms with Gasteiger partial charge >= 0.3 is 0 Å². The second-order valence-corrected chi connectivity index (χ2v) is 12.3. The zero-order valence-electron chi connectivity index (χ0n) is 23.5. The minimum atomic E-state index is -3.34. The van der Waals surface area contributed by atoms with E-state index < -0.39 is 27.6 Å². The zero-order valence-corrected chi connectivity index (χ0v) is 24.3. The van der Waals surface area contributed by atoms with E-state index in [4.69, 9.17) is 5.41 Å². The predicted molar refractivity (Wildman–Crippen MR) is 155 cm³/mol. The summed E-state index contributed by atoms with van der Waals surface area (Å²) in [7, 11) is -3.34. The quantitative estimate of drug-likeness (QED) is 0.293. The highest BCUT2D eigenvalue weighted by Crippen LogP contribution is 2.30. The minimum Gasteiger partial charge on any atom is -0.325 e. The lowest BCUT2D eigenvalue weighted by molar-refractivity contribution is -0.120. The van der Waals surface area contributed by atoms with Crippen molar-refractivity contribution in [2.24, 2.45) is 0 Å². The highest BCUT2D eigenvalue weighted by Gasteiger charge is 2.31. The third kappa shape index (κ3) is 8.52. The number of allylic oxidation sites excluding steroid dienone is 2. The lowest BCUT2D eigenvalue weighted by Gasteiger charge is -2.35. The van der Waals surface area contributed by atoms with Crippen LogP contribution in [-0.4, -0.2) is 56.3 Å². The van der Waals surface area contributed by atoms with Crippen molar-refractivity contribution in [1.82, 2.24) is 14.9 Å². The average Bonchev–Trinajstić information content (AvgIpc) is 2.91. The molecule has 0 saturated carbocycles.